The number of rotatable bonds is 0. The summed E-state index contributed by atoms with van der Waals surface area (Å²) in [5.74, 6) is 4.44. The third-order valence-electron chi connectivity index (χ3n) is 5.73. The zero-order valence-corrected chi connectivity index (χ0v) is 17.9. The predicted octanol–water partition coefficient (Wildman–Crippen LogP) is 6.75. The van der Waals surface area contributed by atoms with Crippen LogP contribution in [0.25, 0.3) is 0 Å². The molecule has 0 N–H and O–H groups in total. The van der Waals surface area contributed by atoms with E-state index in [2.05, 4.69) is 84.2 Å². The fourth-order valence-corrected chi connectivity index (χ4v) is 6.14. The van der Waals surface area contributed by atoms with Crippen molar-refractivity contribution < 1.29 is 0 Å². The van der Waals surface area contributed by atoms with E-state index in [9.17, 15) is 0 Å². The quantitative estimate of drug-likeness (QED) is 0.408. The maximum absolute atomic E-state index is 2.45. The van der Waals surface area contributed by atoms with Crippen molar-refractivity contribution in [2.45, 2.75) is 48.7 Å². The van der Waals surface area contributed by atoms with Crippen molar-refractivity contribution in [2.75, 3.05) is 0 Å². The Morgan fingerprint density at radius 3 is 1.00 bits per heavy atom. The van der Waals surface area contributed by atoms with Crippen LogP contribution < -0.4 is 0 Å². The monoisotopic (exact) mass is 402 g/mol. The highest BCUT2D eigenvalue weighted by molar-refractivity contribution is 7.98. The normalized spacial score (nSPS) is 16.6. The Morgan fingerprint density at radius 2 is 0.643 bits per heavy atom. The lowest BCUT2D eigenvalue weighted by Gasteiger charge is -2.14. The van der Waals surface area contributed by atoms with Gasteiger partial charge in [0.2, 0.25) is 0 Å². The number of benzene rings is 3. The molecule has 142 valence electrons. The molecular formula is C26H26S2. The first-order valence-corrected chi connectivity index (χ1v) is 12.6. The lowest BCUT2D eigenvalue weighted by molar-refractivity contribution is 0.936. The van der Waals surface area contributed by atoms with Gasteiger partial charge >= 0.3 is 0 Å². The average Bonchev–Trinajstić information content (AvgIpc) is 2.70. The summed E-state index contributed by atoms with van der Waals surface area (Å²) in [5, 5.41) is 0. The first-order valence-electron chi connectivity index (χ1n) is 10.3. The molecule has 5 aliphatic heterocycles. The molecule has 0 spiro atoms. The zero-order valence-electron chi connectivity index (χ0n) is 16.2. The maximum Gasteiger partial charge on any atom is 0.0188 e. The fourth-order valence-electron chi connectivity index (χ4n) is 4.32. The molecule has 2 heteroatoms. The Hall–Kier alpha value is -1.64. The predicted molar refractivity (Wildman–Crippen MR) is 124 cm³/mol. The Balaban J connectivity index is 1.57. The molecule has 0 saturated carbocycles. The third kappa shape index (κ3) is 4.50. The summed E-state index contributed by atoms with van der Waals surface area (Å²) in [6, 6.07) is 24.0. The largest absolute Gasteiger partial charge is 0.152 e. The summed E-state index contributed by atoms with van der Waals surface area (Å²) >= 11 is 4.12. The van der Waals surface area contributed by atoms with E-state index in [0.717, 1.165) is 48.7 Å². The van der Waals surface area contributed by atoms with Crippen LogP contribution in [0.5, 0.6) is 0 Å². The Kier molecular flexibility index (Phi) is 5.51. The molecule has 0 atom stereocenters. The van der Waals surface area contributed by atoms with E-state index in [1.807, 2.05) is 0 Å². The molecule has 28 heavy (non-hydrogen) atoms. The van der Waals surface area contributed by atoms with Gasteiger partial charge in [0, 0.05) is 23.0 Å². The van der Waals surface area contributed by atoms with Crippen molar-refractivity contribution in [2.24, 2.45) is 0 Å². The minimum Gasteiger partial charge on any atom is -0.152 e. The first-order chi connectivity index (χ1) is 13.8. The molecular weight excluding hydrogens is 376 g/mol. The molecule has 0 radical (unpaired) electrons. The van der Waals surface area contributed by atoms with E-state index in [0.29, 0.717) is 0 Å². The molecule has 0 nitrogen and oxygen atoms in total. The summed E-state index contributed by atoms with van der Waals surface area (Å²) in [6.07, 6.45) is 4.54. The maximum atomic E-state index is 2.45. The van der Waals surface area contributed by atoms with Gasteiger partial charge in [-0.15, -0.1) is 0 Å². The minimum atomic E-state index is 1.11. The second-order valence-corrected chi connectivity index (χ2v) is 10.1. The molecule has 0 unspecified atom stereocenters. The molecule has 5 aliphatic rings. The molecule has 0 aliphatic carbocycles. The lowest BCUT2D eigenvalue weighted by Crippen LogP contribution is -1.97. The van der Waals surface area contributed by atoms with Crippen LogP contribution in [0.2, 0.25) is 0 Å². The second-order valence-electron chi connectivity index (χ2n) is 8.12. The average molecular weight is 403 g/mol. The third-order valence-corrected chi connectivity index (χ3v) is 7.88. The van der Waals surface area contributed by atoms with Gasteiger partial charge in [-0.2, -0.15) is 23.5 Å². The van der Waals surface area contributed by atoms with Crippen LogP contribution in [0.3, 0.4) is 0 Å². The number of thioether (sulfide) groups is 2. The van der Waals surface area contributed by atoms with Crippen molar-refractivity contribution in [3.05, 3.63) is 105 Å². The van der Waals surface area contributed by atoms with Gasteiger partial charge in [-0.05, 0) is 70.2 Å². The molecule has 5 heterocycles. The summed E-state index contributed by atoms with van der Waals surface area (Å²) in [7, 11) is 0. The topological polar surface area (TPSA) is 0 Å². The van der Waals surface area contributed by atoms with E-state index < -0.39 is 0 Å². The summed E-state index contributed by atoms with van der Waals surface area (Å²) in [5.41, 5.74) is 11.9. The van der Waals surface area contributed by atoms with E-state index in [1.165, 1.54) is 44.5 Å². The van der Waals surface area contributed by atoms with Gasteiger partial charge in [0.1, 0.15) is 0 Å². The molecule has 8 bridgehead atoms. The molecule has 3 aromatic rings. The van der Waals surface area contributed by atoms with Crippen molar-refractivity contribution in [1.29, 1.82) is 0 Å². The van der Waals surface area contributed by atoms with Crippen molar-refractivity contribution in [1.82, 2.24) is 0 Å². The van der Waals surface area contributed by atoms with E-state index in [4.69, 9.17) is 0 Å². The Labute approximate surface area is 177 Å². The minimum absolute atomic E-state index is 1.11. The van der Waals surface area contributed by atoms with Gasteiger partial charge in [0.15, 0.2) is 0 Å². The van der Waals surface area contributed by atoms with E-state index in [-0.39, 0.29) is 0 Å². The van der Waals surface area contributed by atoms with Gasteiger partial charge in [0.05, 0.1) is 0 Å². The van der Waals surface area contributed by atoms with Gasteiger partial charge in [-0.3, -0.25) is 0 Å². The van der Waals surface area contributed by atoms with Crippen LogP contribution in [-0.4, -0.2) is 0 Å². The first kappa shape index (κ1) is 18.4. The van der Waals surface area contributed by atoms with Crippen LogP contribution in [0.15, 0.2) is 60.7 Å². The highest BCUT2D eigenvalue weighted by atomic mass is 32.2. The molecule has 3 aromatic carbocycles. The molecule has 0 fully saturated rings. The second kappa shape index (κ2) is 8.39. The summed E-state index contributed by atoms with van der Waals surface area (Å²) in [6.45, 7) is 0. The molecule has 0 amide bonds. The summed E-state index contributed by atoms with van der Waals surface area (Å²) in [4.78, 5) is 0. The SMILES string of the molecule is c1cc2ccc1CCc1cc3cc(c1)CSCc1cc(cc(c1)CSC3)CC2. The van der Waals surface area contributed by atoms with E-state index in [1.54, 1.807) is 0 Å². The van der Waals surface area contributed by atoms with Crippen LogP contribution in [0.4, 0.5) is 0 Å². The number of aryl methyl sites for hydroxylation is 4. The highest BCUT2D eigenvalue weighted by Crippen LogP contribution is 2.28. The standard InChI is InChI=1S/C26H26S2/c1-2-20-4-3-19(1)5-7-21-9-23-13-24(10-21)16-28-18-26-12-22(8-6-20)11-25(14-26)17-27-15-23/h1-4,9-14H,5-8,15-18H2. The summed E-state index contributed by atoms with van der Waals surface area (Å²) < 4.78 is 0. The fraction of sp³-hybridized carbons (Fsp3) is 0.308. The van der Waals surface area contributed by atoms with Gasteiger partial charge in [-0.1, -0.05) is 60.7 Å². The lowest BCUT2D eigenvalue weighted by atomic mass is 9.98. The van der Waals surface area contributed by atoms with Gasteiger partial charge in [-0.25, -0.2) is 0 Å². The van der Waals surface area contributed by atoms with Crippen molar-refractivity contribution in [3.8, 4) is 0 Å². The Morgan fingerprint density at radius 1 is 0.357 bits per heavy atom. The zero-order chi connectivity index (χ0) is 18.8. The van der Waals surface area contributed by atoms with Gasteiger partial charge in [0.25, 0.3) is 0 Å². The Bertz CT molecular complexity index is 847. The van der Waals surface area contributed by atoms with Crippen molar-refractivity contribution >= 4 is 23.5 Å². The van der Waals surface area contributed by atoms with Crippen LogP contribution >= 0.6 is 23.5 Å². The highest BCUT2D eigenvalue weighted by Gasteiger charge is 2.09. The van der Waals surface area contributed by atoms with Gasteiger partial charge < -0.3 is 0 Å². The smallest absolute Gasteiger partial charge is 0.0188 e. The van der Waals surface area contributed by atoms with Crippen molar-refractivity contribution in [3.63, 3.8) is 0 Å². The van der Waals surface area contributed by atoms with Crippen LogP contribution in [0.1, 0.15) is 44.5 Å². The molecule has 0 saturated heterocycles. The number of hydrogen-bond donors (Lipinski definition) is 0. The van der Waals surface area contributed by atoms with Crippen LogP contribution in [-0.2, 0) is 48.7 Å². The number of hydrogen-bond acceptors (Lipinski definition) is 2. The molecule has 0 aromatic heterocycles. The van der Waals surface area contributed by atoms with Crippen LogP contribution in [0, 0.1) is 0 Å². The van der Waals surface area contributed by atoms with E-state index >= 15 is 0 Å². The molecule has 8 rings (SSSR count).